The van der Waals surface area contributed by atoms with Crippen LogP contribution in [0.3, 0.4) is 0 Å². The number of carboxylic acids is 1. The second kappa shape index (κ2) is 5.25. The van der Waals surface area contributed by atoms with Crippen molar-refractivity contribution < 1.29 is 14.7 Å². The number of nitrogens with one attached hydrogen (secondary N) is 1. The smallest absolute Gasteiger partial charge is 0.326 e. The van der Waals surface area contributed by atoms with Crippen molar-refractivity contribution in [2.45, 2.75) is 37.9 Å². The van der Waals surface area contributed by atoms with Crippen molar-refractivity contribution in [1.29, 1.82) is 0 Å². The molecule has 1 fully saturated rings. The van der Waals surface area contributed by atoms with Crippen LogP contribution in [0.5, 0.6) is 0 Å². The molecule has 2 heterocycles. The Morgan fingerprint density at radius 2 is 2.00 bits per heavy atom. The van der Waals surface area contributed by atoms with E-state index in [4.69, 9.17) is 0 Å². The summed E-state index contributed by atoms with van der Waals surface area (Å²) in [6, 6.07) is 6.78. The molecule has 0 radical (unpaired) electrons. The Morgan fingerprint density at radius 3 is 2.65 bits per heavy atom. The normalized spacial score (nSPS) is 25.3. The number of fused-ring (bicyclic) bond motifs is 1. The molecule has 0 aliphatic carbocycles. The summed E-state index contributed by atoms with van der Waals surface area (Å²) in [5.41, 5.74) is 2.08. The maximum atomic E-state index is 12.5. The number of nitrogens with zero attached hydrogens (tertiary/aromatic N) is 1. The highest BCUT2D eigenvalue weighted by Crippen LogP contribution is 2.25. The van der Waals surface area contributed by atoms with Crippen molar-refractivity contribution in [2.75, 3.05) is 6.54 Å². The number of carboxylic acid groups (broad SMARTS) is 1. The molecular formula is C15H18N2O3. The molecule has 2 N–H and O–H groups in total. The van der Waals surface area contributed by atoms with Gasteiger partial charge in [0.15, 0.2) is 0 Å². The van der Waals surface area contributed by atoms with E-state index in [1.807, 2.05) is 24.3 Å². The maximum absolute atomic E-state index is 12.5. The van der Waals surface area contributed by atoms with Gasteiger partial charge in [-0.25, -0.2) is 4.79 Å². The minimum Gasteiger partial charge on any atom is -0.480 e. The van der Waals surface area contributed by atoms with Gasteiger partial charge in [0.05, 0.1) is 6.04 Å². The number of rotatable bonds is 2. The van der Waals surface area contributed by atoms with E-state index in [0.717, 1.165) is 30.5 Å². The van der Waals surface area contributed by atoms with Crippen LogP contribution in [0.25, 0.3) is 0 Å². The van der Waals surface area contributed by atoms with Crippen LogP contribution >= 0.6 is 0 Å². The number of carbonyl (C=O) groups excluding carboxylic acids is 1. The minimum absolute atomic E-state index is 0.0793. The molecule has 2 aliphatic rings. The maximum Gasteiger partial charge on any atom is 0.326 e. The quantitative estimate of drug-likeness (QED) is 0.836. The lowest BCUT2D eigenvalue weighted by molar-refractivity contribution is -0.152. The first-order valence-corrected chi connectivity index (χ1v) is 7.00. The van der Waals surface area contributed by atoms with Crippen LogP contribution < -0.4 is 5.32 Å². The summed E-state index contributed by atoms with van der Waals surface area (Å²) in [5, 5.41) is 12.6. The molecule has 0 spiro atoms. The Morgan fingerprint density at radius 1 is 1.25 bits per heavy atom. The summed E-state index contributed by atoms with van der Waals surface area (Å²) in [6.45, 7) is 1.22. The van der Waals surface area contributed by atoms with Gasteiger partial charge in [0.2, 0.25) is 5.91 Å². The predicted molar refractivity (Wildman–Crippen MR) is 73.1 cm³/mol. The van der Waals surface area contributed by atoms with Crippen molar-refractivity contribution in [3.63, 3.8) is 0 Å². The number of hydrogen-bond acceptors (Lipinski definition) is 3. The fraction of sp³-hybridized carbons (Fsp3) is 0.467. The number of benzene rings is 1. The summed E-state index contributed by atoms with van der Waals surface area (Å²) < 4.78 is 0. The van der Waals surface area contributed by atoms with E-state index in [0.29, 0.717) is 13.0 Å². The molecule has 1 saturated heterocycles. The molecule has 5 nitrogen and oxygen atoms in total. The molecule has 1 aromatic carbocycles. The largest absolute Gasteiger partial charge is 0.480 e. The lowest BCUT2D eigenvalue weighted by Crippen LogP contribution is -2.53. The molecule has 2 aliphatic heterocycles. The van der Waals surface area contributed by atoms with Crippen LogP contribution in [0.15, 0.2) is 24.3 Å². The van der Waals surface area contributed by atoms with Gasteiger partial charge in [-0.2, -0.15) is 0 Å². The number of carbonyl (C=O) groups is 2. The topological polar surface area (TPSA) is 69.6 Å². The molecule has 0 saturated carbocycles. The van der Waals surface area contributed by atoms with Crippen LogP contribution in [0.2, 0.25) is 0 Å². The van der Waals surface area contributed by atoms with Gasteiger partial charge in [-0.3, -0.25) is 4.79 Å². The average molecular weight is 274 g/mol. The average Bonchev–Trinajstić information content (AvgIpc) is 2.99. The second-order valence-electron chi connectivity index (χ2n) is 5.44. The van der Waals surface area contributed by atoms with Gasteiger partial charge in [0, 0.05) is 13.0 Å². The van der Waals surface area contributed by atoms with Gasteiger partial charge in [-0.1, -0.05) is 24.3 Å². The Balaban J connectivity index is 1.88. The minimum atomic E-state index is -0.925. The van der Waals surface area contributed by atoms with Crippen LogP contribution in [0.4, 0.5) is 0 Å². The highest BCUT2D eigenvalue weighted by molar-refractivity contribution is 5.88. The van der Waals surface area contributed by atoms with Crippen LogP contribution in [-0.4, -0.2) is 40.5 Å². The fourth-order valence-electron chi connectivity index (χ4n) is 3.07. The van der Waals surface area contributed by atoms with Gasteiger partial charge in [0.25, 0.3) is 0 Å². The van der Waals surface area contributed by atoms with Crippen LogP contribution in [0.1, 0.15) is 24.0 Å². The Bertz CT molecular complexity index is 538. The molecule has 1 aromatic rings. The molecule has 0 aromatic heterocycles. The van der Waals surface area contributed by atoms with E-state index in [-0.39, 0.29) is 11.9 Å². The zero-order valence-electron chi connectivity index (χ0n) is 11.2. The first-order chi connectivity index (χ1) is 9.66. The van der Waals surface area contributed by atoms with Crippen molar-refractivity contribution >= 4 is 11.9 Å². The van der Waals surface area contributed by atoms with E-state index in [1.165, 1.54) is 4.90 Å². The third-order valence-electron chi connectivity index (χ3n) is 4.18. The molecule has 2 atom stereocenters. The van der Waals surface area contributed by atoms with Gasteiger partial charge in [-0.05, 0) is 30.5 Å². The molecular weight excluding hydrogens is 256 g/mol. The van der Waals surface area contributed by atoms with Crippen LogP contribution in [-0.2, 0) is 22.6 Å². The Kier molecular flexibility index (Phi) is 3.44. The number of amides is 1. The molecule has 106 valence electrons. The fourth-order valence-corrected chi connectivity index (χ4v) is 3.07. The third-order valence-corrected chi connectivity index (χ3v) is 4.18. The van der Waals surface area contributed by atoms with Crippen molar-refractivity contribution in [3.05, 3.63) is 35.4 Å². The van der Waals surface area contributed by atoms with Crippen molar-refractivity contribution in [1.82, 2.24) is 10.2 Å². The lowest BCUT2D eigenvalue weighted by atomic mass is 9.93. The van der Waals surface area contributed by atoms with Crippen molar-refractivity contribution in [2.24, 2.45) is 0 Å². The standard InChI is InChI=1S/C15H18N2O3/c18-14(12-6-3-7-16-12)17-9-11-5-2-1-4-10(11)8-13(17)15(19)20/h1-2,4-5,12-13,16H,3,6-9H2,(H,19,20)/t12?,13-/m0/s1. The van der Waals surface area contributed by atoms with Gasteiger partial charge in [-0.15, -0.1) is 0 Å². The van der Waals surface area contributed by atoms with Crippen LogP contribution in [0, 0.1) is 0 Å². The molecule has 1 unspecified atom stereocenters. The van der Waals surface area contributed by atoms with E-state index < -0.39 is 12.0 Å². The highest BCUT2D eigenvalue weighted by Gasteiger charge is 2.37. The second-order valence-corrected chi connectivity index (χ2v) is 5.44. The van der Waals surface area contributed by atoms with Gasteiger partial charge >= 0.3 is 5.97 Å². The van der Waals surface area contributed by atoms with E-state index in [9.17, 15) is 14.7 Å². The summed E-state index contributed by atoms with van der Waals surface area (Å²) in [5.74, 6) is -1.00. The molecule has 3 rings (SSSR count). The zero-order chi connectivity index (χ0) is 14.1. The lowest BCUT2D eigenvalue weighted by Gasteiger charge is -2.36. The van der Waals surface area contributed by atoms with E-state index >= 15 is 0 Å². The molecule has 0 bridgehead atoms. The van der Waals surface area contributed by atoms with Gasteiger partial charge < -0.3 is 15.3 Å². The predicted octanol–water partition coefficient (Wildman–Crippen LogP) is 0.776. The Labute approximate surface area is 117 Å². The molecule has 1 amide bonds. The van der Waals surface area contributed by atoms with E-state index in [1.54, 1.807) is 0 Å². The van der Waals surface area contributed by atoms with Gasteiger partial charge in [0.1, 0.15) is 6.04 Å². The SMILES string of the molecule is O=C(O)[C@@H]1Cc2ccccc2CN1C(=O)C1CCCN1. The summed E-state index contributed by atoms with van der Waals surface area (Å²) >= 11 is 0. The molecule has 5 heteroatoms. The first kappa shape index (κ1) is 13.1. The summed E-state index contributed by atoms with van der Waals surface area (Å²) in [7, 11) is 0. The summed E-state index contributed by atoms with van der Waals surface area (Å²) in [4.78, 5) is 25.5. The number of aliphatic carboxylic acids is 1. The first-order valence-electron chi connectivity index (χ1n) is 7.00. The number of hydrogen-bond donors (Lipinski definition) is 2. The molecule has 20 heavy (non-hydrogen) atoms. The van der Waals surface area contributed by atoms with Crippen molar-refractivity contribution in [3.8, 4) is 0 Å². The summed E-state index contributed by atoms with van der Waals surface area (Å²) in [6.07, 6.45) is 2.16. The van der Waals surface area contributed by atoms with E-state index in [2.05, 4.69) is 5.32 Å². The monoisotopic (exact) mass is 274 g/mol. The highest BCUT2D eigenvalue weighted by atomic mass is 16.4. The zero-order valence-corrected chi connectivity index (χ0v) is 11.2. The third kappa shape index (κ3) is 2.29. The Hall–Kier alpha value is -1.88.